The molecule has 2 saturated heterocycles. The fourth-order valence-electron chi connectivity index (χ4n) is 3.39. The average Bonchev–Trinajstić information content (AvgIpc) is 2.98. The van der Waals surface area contributed by atoms with Crippen LogP contribution in [-0.2, 0) is 14.6 Å². The summed E-state index contributed by atoms with van der Waals surface area (Å²) in [6.45, 7) is 0. The number of fused-ring (bicyclic) bond motifs is 1. The molecule has 0 spiro atoms. The Balaban J connectivity index is 1.44. The van der Waals surface area contributed by atoms with Gasteiger partial charge in [-0.25, -0.2) is 13.2 Å². The third kappa shape index (κ3) is 4.33. The summed E-state index contributed by atoms with van der Waals surface area (Å²) in [4.78, 5) is 23.3. The predicted octanol–water partition coefficient (Wildman–Crippen LogP) is 1.80. The smallest absolute Gasteiger partial charge is 0.315 e. The van der Waals surface area contributed by atoms with E-state index in [1.807, 2.05) is 24.3 Å². The predicted molar refractivity (Wildman–Crippen MR) is 98.1 cm³/mol. The first-order valence-corrected chi connectivity index (χ1v) is 10.7. The van der Waals surface area contributed by atoms with Gasteiger partial charge in [0.05, 0.1) is 23.1 Å². The van der Waals surface area contributed by atoms with Gasteiger partial charge in [0.25, 0.3) is 0 Å². The zero-order chi connectivity index (χ0) is 18.0. The fraction of sp³-hybridized carbons (Fsp3) is 0.500. The molecule has 0 unspecified atom stereocenters. The van der Waals surface area contributed by atoms with E-state index in [1.165, 1.54) is 0 Å². The van der Waals surface area contributed by atoms with Crippen molar-refractivity contribution in [3.05, 3.63) is 28.7 Å². The van der Waals surface area contributed by atoms with E-state index in [-0.39, 0.29) is 29.8 Å². The third-order valence-electron chi connectivity index (χ3n) is 4.59. The number of sulfone groups is 1. The van der Waals surface area contributed by atoms with Crippen LogP contribution in [0.1, 0.15) is 25.7 Å². The van der Waals surface area contributed by atoms with Crippen molar-refractivity contribution in [2.24, 2.45) is 0 Å². The third-order valence-corrected chi connectivity index (χ3v) is 7.40. The van der Waals surface area contributed by atoms with E-state index in [9.17, 15) is 18.0 Å². The summed E-state index contributed by atoms with van der Waals surface area (Å²) < 4.78 is 25.3. The van der Waals surface area contributed by atoms with Gasteiger partial charge in [0.2, 0.25) is 5.91 Å². The summed E-state index contributed by atoms with van der Waals surface area (Å²) in [6.07, 6.45) is 2.02. The Morgan fingerprint density at radius 2 is 1.92 bits per heavy atom. The molecule has 2 aliphatic rings. The molecule has 7 nitrogen and oxygen atoms in total. The van der Waals surface area contributed by atoms with Crippen molar-refractivity contribution in [1.82, 2.24) is 10.6 Å². The molecule has 1 aromatic rings. The van der Waals surface area contributed by atoms with E-state index in [4.69, 9.17) is 0 Å². The maximum Gasteiger partial charge on any atom is 0.315 e. The van der Waals surface area contributed by atoms with Crippen molar-refractivity contribution < 1.29 is 18.0 Å². The number of benzene rings is 1. The Bertz CT molecular complexity index is 766. The van der Waals surface area contributed by atoms with Crippen LogP contribution in [0.25, 0.3) is 0 Å². The van der Waals surface area contributed by atoms with E-state index >= 15 is 0 Å². The Kier molecular flexibility index (Phi) is 5.33. The van der Waals surface area contributed by atoms with Crippen molar-refractivity contribution in [2.45, 2.75) is 43.0 Å². The molecule has 0 aromatic heterocycles. The highest BCUT2D eigenvalue weighted by molar-refractivity contribution is 9.10. The van der Waals surface area contributed by atoms with Gasteiger partial charge in [-0.05, 0) is 37.1 Å². The molecule has 3 N–H and O–H groups in total. The van der Waals surface area contributed by atoms with Crippen LogP contribution in [0, 0.1) is 0 Å². The normalized spacial score (nSPS) is 26.6. The molecule has 136 valence electrons. The molecule has 0 bridgehead atoms. The molecule has 3 amide bonds. The largest absolute Gasteiger partial charge is 0.332 e. The molecular weight excluding hydrogens is 410 g/mol. The molecule has 9 heteroatoms. The van der Waals surface area contributed by atoms with Crippen LogP contribution < -0.4 is 16.0 Å². The van der Waals surface area contributed by atoms with Crippen molar-refractivity contribution >= 4 is 43.4 Å². The summed E-state index contributed by atoms with van der Waals surface area (Å²) in [6, 6.07) is 6.33. The fourth-order valence-corrected chi connectivity index (χ4v) is 5.93. The number of hydrogen-bond donors (Lipinski definition) is 3. The lowest BCUT2D eigenvalue weighted by molar-refractivity contribution is -0.116. The van der Waals surface area contributed by atoms with Crippen LogP contribution in [0.15, 0.2) is 28.7 Å². The molecule has 1 aromatic carbocycles. The standard InChI is InChI=1S/C16H20BrN3O4S/c17-10-5-7-11(8-6-10)18-14(21)4-2-1-3-13-15-12(9-25(13,23)24)19-16(22)20-15/h5-8,12-13,15H,1-4,9H2,(H,18,21)(H2,19,20,22)/t12-,13+,15-/m0/s1. The number of rotatable bonds is 6. The van der Waals surface area contributed by atoms with Gasteiger partial charge in [0.15, 0.2) is 9.84 Å². The molecule has 3 atom stereocenters. The number of amides is 3. The van der Waals surface area contributed by atoms with E-state index in [0.29, 0.717) is 25.7 Å². The second-order valence-electron chi connectivity index (χ2n) is 6.42. The number of hydrogen-bond acceptors (Lipinski definition) is 4. The summed E-state index contributed by atoms with van der Waals surface area (Å²) in [7, 11) is -3.21. The summed E-state index contributed by atoms with van der Waals surface area (Å²) >= 11 is 3.33. The lowest BCUT2D eigenvalue weighted by Gasteiger charge is -2.16. The minimum Gasteiger partial charge on any atom is -0.332 e. The first kappa shape index (κ1) is 18.2. The monoisotopic (exact) mass is 429 g/mol. The van der Waals surface area contributed by atoms with E-state index in [0.717, 1.165) is 10.2 Å². The number of unbranched alkanes of at least 4 members (excludes halogenated alkanes) is 1. The van der Waals surface area contributed by atoms with Gasteiger partial charge >= 0.3 is 6.03 Å². The number of carbonyl (C=O) groups is 2. The number of nitrogens with one attached hydrogen (secondary N) is 3. The average molecular weight is 430 g/mol. The van der Waals surface area contributed by atoms with Gasteiger partial charge in [-0.3, -0.25) is 4.79 Å². The van der Waals surface area contributed by atoms with Crippen LogP contribution in [0.5, 0.6) is 0 Å². The SMILES string of the molecule is O=C(CCCC[C@@H]1[C@H]2NC(=O)N[C@H]2CS1(=O)=O)Nc1ccc(Br)cc1. The summed E-state index contributed by atoms with van der Waals surface area (Å²) in [5, 5.41) is 7.59. The maximum atomic E-state index is 12.2. The Labute approximate surface area is 155 Å². The lowest BCUT2D eigenvalue weighted by atomic mass is 10.0. The van der Waals surface area contributed by atoms with Crippen LogP contribution >= 0.6 is 15.9 Å². The van der Waals surface area contributed by atoms with Crippen molar-refractivity contribution in [1.29, 1.82) is 0 Å². The zero-order valence-corrected chi connectivity index (χ0v) is 15.9. The van der Waals surface area contributed by atoms with Gasteiger partial charge < -0.3 is 16.0 Å². The molecule has 0 aliphatic carbocycles. The van der Waals surface area contributed by atoms with Gasteiger partial charge in [-0.1, -0.05) is 22.4 Å². The molecule has 25 heavy (non-hydrogen) atoms. The molecule has 2 fully saturated rings. The summed E-state index contributed by atoms with van der Waals surface area (Å²) in [5.74, 6) is -0.101. The van der Waals surface area contributed by atoms with Crippen LogP contribution in [0.4, 0.5) is 10.5 Å². The van der Waals surface area contributed by atoms with E-state index < -0.39 is 15.1 Å². The quantitative estimate of drug-likeness (QED) is 0.473. The number of halogens is 1. The number of carbonyl (C=O) groups excluding carboxylic acids is 2. The molecular formula is C16H20BrN3O4S. The second kappa shape index (κ2) is 7.33. The van der Waals surface area contributed by atoms with Gasteiger partial charge in [-0.2, -0.15) is 0 Å². The van der Waals surface area contributed by atoms with E-state index in [2.05, 4.69) is 31.9 Å². The van der Waals surface area contributed by atoms with Crippen LogP contribution in [0.2, 0.25) is 0 Å². The van der Waals surface area contributed by atoms with Crippen molar-refractivity contribution in [3.63, 3.8) is 0 Å². The second-order valence-corrected chi connectivity index (χ2v) is 9.60. The lowest BCUT2D eigenvalue weighted by Crippen LogP contribution is -2.39. The van der Waals surface area contributed by atoms with Gasteiger partial charge in [0, 0.05) is 16.6 Å². The first-order chi connectivity index (χ1) is 11.8. The Hall–Kier alpha value is -1.61. The molecule has 0 radical (unpaired) electrons. The summed E-state index contributed by atoms with van der Waals surface area (Å²) in [5.41, 5.74) is 0.731. The minimum atomic E-state index is -3.21. The molecule has 0 saturated carbocycles. The minimum absolute atomic E-state index is 0.00880. The van der Waals surface area contributed by atoms with E-state index in [1.54, 1.807) is 0 Å². The molecule has 2 aliphatic heterocycles. The number of anilines is 1. The van der Waals surface area contributed by atoms with Gasteiger partial charge in [0.1, 0.15) is 0 Å². The highest BCUT2D eigenvalue weighted by atomic mass is 79.9. The van der Waals surface area contributed by atoms with Crippen molar-refractivity contribution in [3.8, 4) is 0 Å². The maximum absolute atomic E-state index is 12.2. The molecule has 3 rings (SSSR count). The topological polar surface area (TPSA) is 104 Å². The number of urea groups is 1. The molecule has 2 heterocycles. The van der Waals surface area contributed by atoms with Crippen LogP contribution in [-0.4, -0.2) is 43.4 Å². The first-order valence-electron chi connectivity index (χ1n) is 8.19. The Morgan fingerprint density at radius 3 is 2.64 bits per heavy atom. The Morgan fingerprint density at radius 1 is 1.20 bits per heavy atom. The van der Waals surface area contributed by atoms with Crippen LogP contribution in [0.3, 0.4) is 0 Å². The van der Waals surface area contributed by atoms with Crippen molar-refractivity contribution in [2.75, 3.05) is 11.1 Å². The zero-order valence-electron chi connectivity index (χ0n) is 13.5. The highest BCUT2D eigenvalue weighted by Gasteiger charge is 2.51. The highest BCUT2D eigenvalue weighted by Crippen LogP contribution is 2.28. The van der Waals surface area contributed by atoms with Gasteiger partial charge in [-0.15, -0.1) is 0 Å².